The molecule has 0 amide bonds. The van der Waals surface area contributed by atoms with E-state index < -0.39 is 0 Å². The van der Waals surface area contributed by atoms with E-state index in [1.165, 1.54) is 0 Å². The maximum absolute atomic E-state index is 5.88. The Kier molecular flexibility index (Phi) is 3.89. The van der Waals surface area contributed by atoms with Crippen LogP contribution in [0.15, 0.2) is 37.6 Å². The van der Waals surface area contributed by atoms with Gasteiger partial charge in [-0.15, -0.1) is 6.08 Å². The van der Waals surface area contributed by atoms with Crippen molar-refractivity contribution in [3.05, 3.63) is 43.7 Å². The molecule has 0 fully saturated rings. The molecule has 0 aromatic rings. The van der Waals surface area contributed by atoms with Gasteiger partial charge in [0.15, 0.2) is 0 Å². The van der Waals surface area contributed by atoms with Gasteiger partial charge in [0.25, 0.3) is 0 Å². The second-order valence-electron chi connectivity index (χ2n) is 3.43. The molecule has 10 N–H and O–H groups in total. The maximum Gasteiger partial charge on any atom is 0.0506 e. The van der Waals surface area contributed by atoms with Crippen molar-refractivity contribution in [1.82, 2.24) is 0 Å². The minimum atomic E-state index is -0.188. The van der Waals surface area contributed by atoms with Crippen molar-refractivity contribution in [2.45, 2.75) is 0 Å². The molecule has 2 rings (SSSR count). The maximum atomic E-state index is 5.88. The van der Waals surface area contributed by atoms with Gasteiger partial charge in [0.1, 0.15) is 0 Å². The van der Waals surface area contributed by atoms with E-state index in [1.807, 2.05) is 0 Å². The average molecular weight is 553 g/mol. The van der Waals surface area contributed by atoms with Crippen LogP contribution in [0.5, 0.6) is 0 Å². The fourth-order valence-electron chi connectivity index (χ4n) is 1.74. The summed E-state index contributed by atoms with van der Waals surface area (Å²) in [4.78, 5) is 0. The minimum Gasteiger partial charge on any atom is -0.450 e. The second-order valence-corrected chi connectivity index (χ2v) is 4.59. The third-order valence-electron chi connectivity index (χ3n) is 2.56. The molecule has 2 aliphatic carbocycles. The molecule has 0 saturated carbocycles. The zero-order valence-corrected chi connectivity index (χ0v) is 14.2. The summed E-state index contributed by atoms with van der Waals surface area (Å²) >= 11 is 2.11. The molecule has 1 unspecified atom stereocenters. The predicted octanol–water partition coefficient (Wildman–Crippen LogP) is -0.777. The summed E-state index contributed by atoms with van der Waals surface area (Å²) in [7, 11) is 0. The Labute approximate surface area is 130 Å². The van der Waals surface area contributed by atoms with E-state index in [9.17, 15) is 0 Å². The number of allylic oxidation sites excluding steroid dienone is 3. The summed E-state index contributed by atoms with van der Waals surface area (Å²) in [6.07, 6.45) is 2.78. The van der Waals surface area contributed by atoms with Crippen LogP contribution in [-0.2, 0) is 0 Å². The van der Waals surface area contributed by atoms with E-state index in [4.69, 9.17) is 28.7 Å². The van der Waals surface area contributed by atoms with Crippen molar-refractivity contribution in [2.24, 2.45) is 34.6 Å². The van der Waals surface area contributed by atoms with Crippen LogP contribution in [0.3, 0.4) is 0 Å². The molecule has 5 nitrogen and oxygen atoms in total. The van der Waals surface area contributed by atoms with Crippen LogP contribution in [-0.4, -0.2) is 0 Å². The number of hydrogen-bond donors (Lipinski definition) is 5. The quantitative estimate of drug-likeness (QED) is 0.199. The van der Waals surface area contributed by atoms with E-state index in [0.29, 0.717) is 28.5 Å². The first-order chi connectivity index (χ1) is 6.95. The van der Waals surface area contributed by atoms with Crippen LogP contribution >= 0.6 is 22.6 Å². The Balaban J connectivity index is 0.00000128. The van der Waals surface area contributed by atoms with Gasteiger partial charge in [0.05, 0.1) is 5.70 Å². The van der Waals surface area contributed by atoms with Crippen LogP contribution in [0.2, 0.25) is 0 Å². The number of halogens is 1. The molecule has 2 aliphatic rings. The average Bonchev–Trinajstić information content (AvgIpc) is 2.40. The standard InChI is InChI=1S/C9H11IN5.Np/c10-6-5-4(8(14)9(6)15)2(11)1-3(12)7(5)13;/h5H,11-15H2;/q-1;. The Hall–Kier alpha value is -0.297. The Morgan fingerprint density at radius 2 is 1.56 bits per heavy atom. The molecular formula is C9H11IN5Np-. The number of nitrogens with two attached hydrogens (primary N) is 5. The predicted molar refractivity (Wildman–Crippen MR) is 66.3 cm³/mol. The molecule has 0 bridgehead atoms. The van der Waals surface area contributed by atoms with Gasteiger partial charge in [-0.25, -0.2) is 0 Å². The van der Waals surface area contributed by atoms with Crippen LogP contribution in [0.25, 0.3) is 0 Å². The largest absolute Gasteiger partial charge is 0.450 e. The van der Waals surface area contributed by atoms with Gasteiger partial charge >= 0.3 is 0 Å². The van der Waals surface area contributed by atoms with Gasteiger partial charge in [-0.2, -0.15) is 0 Å². The molecular weight excluding hydrogens is 542 g/mol. The third kappa shape index (κ3) is 1.73. The first-order valence-electron chi connectivity index (χ1n) is 4.25. The summed E-state index contributed by atoms with van der Waals surface area (Å²) in [5, 5.41) is 0. The van der Waals surface area contributed by atoms with Crippen LogP contribution in [0.4, 0.5) is 0 Å². The Morgan fingerprint density at radius 1 is 1.00 bits per heavy atom. The van der Waals surface area contributed by atoms with Crippen molar-refractivity contribution < 1.29 is 29.9 Å². The zero-order valence-electron chi connectivity index (χ0n) is 8.29. The van der Waals surface area contributed by atoms with Crippen molar-refractivity contribution >= 4 is 22.6 Å². The molecule has 85 valence electrons. The second kappa shape index (κ2) is 4.52. The first kappa shape index (κ1) is 13.8. The normalized spacial score (nSPS) is 24.3. The molecule has 0 saturated heterocycles. The SMILES string of the molecule is NC1=[C-]C(N)=C(N)C2C(I)=C(N)C(N)=C12.[Np]. The Bertz CT molecular complexity index is 474. The topological polar surface area (TPSA) is 130 Å². The van der Waals surface area contributed by atoms with Gasteiger partial charge in [-0.05, 0) is 28.5 Å². The molecule has 0 aromatic carbocycles. The first-order valence-corrected chi connectivity index (χ1v) is 5.33. The molecule has 0 aromatic heterocycles. The molecule has 0 heterocycles. The summed E-state index contributed by atoms with van der Waals surface area (Å²) in [6, 6.07) is 0. The minimum absolute atomic E-state index is 0. The molecule has 0 spiro atoms. The van der Waals surface area contributed by atoms with Crippen LogP contribution in [0, 0.1) is 41.9 Å². The molecule has 7 heteroatoms. The van der Waals surface area contributed by atoms with Gasteiger partial charge in [0.2, 0.25) is 0 Å². The molecule has 1 atom stereocenters. The Morgan fingerprint density at radius 3 is 2.12 bits per heavy atom. The van der Waals surface area contributed by atoms with E-state index in [1.54, 1.807) is 0 Å². The summed E-state index contributed by atoms with van der Waals surface area (Å²) < 4.78 is 0.866. The van der Waals surface area contributed by atoms with E-state index in [0.717, 1.165) is 9.15 Å². The summed E-state index contributed by atoms with van der Waals surface area (Å²) in [6.45, 7) is 0. The monoisotopic (exact) mass is 552 g/mol. The zero-order chi connectivity index (χ0) is 11.3. The van der Waals surface area contributed by atoms with Gasteiger partial charge in [0, 0.05) is 39.2 Å². The number of rotatable bonds is 0. The smallest absolute Gasteiger partial charge is 0.0506 e. The van der Waals surface area contributed by atoms with E-state index >= 15 is 0 Å². The van der Waals surface area contributed by atoms with Crippen molar-refractivity contribution in [1.29, 1.82) is 0 Å². The summed E-state index contributed by atoms with van der Waals surface area (Å²) in [5.74, 6) is -0.188. The third-order valence-corrected chi connectivity index (χ3v) is 3.77. The van der Waals surface area contributed by atoms with Crippen LogP contribution < -0.4 is 28.7 Å². The molecule has 1 radical (unpaired) electrons. The number of hydrogen-bond acceptors (Lipinski definition) is 5. The van der Waals surface area contributed by atoms with Gasteiger partial charge < -0.3 is 28.7 Å². The van der Waals surface area contributed by atoms with Crippen molar-refractivity contribution in [3.8, 4) is 0 Å². The number of fused-ring (bicyclic) bond motifs is 1. The fraction of sp³-hybridized carbons (Fsp3) is 0.111. The van der Waals surface area contributed by atoms with Gasteiger partial charge in [-0.1, -0.05) is 22.7 Å². The molecule has 16 heavy (non-hydrogen) atoms. The van der Waals surface area contributed by atoms with Crippen molar-refractivity contribution in [2.75, 3.05) is 0 Å². The van der Waals surface area contributed by atoms with E-state index in [2.05, 4.69) is 28.7 Å². The summed E-state index contributed by atoms with van der Waals surface area (Å²) in [5.41, 5.74) is 32.1. The fourth-order valence-corrected chi connectivity index (χ4v) is 2.68. The molecule has 0 aliphatic heterocycles. The van der Waals surface area contributed by atoms with Gasteiger partial charge in [-0.3, -0.25) is 0 Å². The van der Waals surface area contributed by atoms with Crippen molar-refractivity contribution in [3.63, 3.8) is 0 Å². The van der Waals surface area contributed by atoms with Crippen LogP contribution in [0.1, 0.15) is 0 Å². The van der Waals surface area contributed by atoms with E-state index in [-0.39, 0.29) is 35.9 Å².